The van der Waals surface area contributed by atoms with E-state index in [9.17, 15) is 4.79 Å². The Morgan fingerprint density at radius 2 is 2.28 bits per heavy atom. The lowest BCUT2D eigenvalue weighted by Gasteiger charge is -2.32. The normalized spacial score (nSPS) is 32.4. The Morgan fingerprint density at radius 1 is 1.44 bits per heavy atom. The summed E-state index contributed by atoms with van der Waals surface area (Å²) in [5.41, 5.74) is 0. The molecule has 0 aromatic carbocycles. The largest absolute Gasteiger partial charge is 0.376 e. The first-order valence-corrected chi connectivity index (χ1v) is 7.31. The van der Waals surface area contributed by atoms with Crippen LogP contribution < -0.4 is 5.32 Å². The highest BCUT2D eigenvalue weighted by atomic mass is 16.5. The Labute approximate surface area is 110 Å². The van der Waals surface area contributed by atoms with Crippen LogP contribution in [0.3, 0.4) is 0 Å². The second kappa shape index (κ2) is 6.53. The maximum absolute atomic E-state index is 12.5. The lowest BCUT2D eigenvalue weighted by molar-refractivity contribution is -0.137. The zero-order valence-corrected chi connectivity index (χ0v) is 11.7. The molecular weight excluding hydrogens is 228 g/mol. The van der Waals surface area contributed by atoms with Crippen LogP contribution in [0.2, 0.25) is 0 Å². The minimum Gasteiger partial charge on any atom is -0.376 e. The molecular formula is C14H26N2O2. The number of carbonyl (C=O) groups is 1. The monoisotopic (exact) mass is 254 g/mol. The highest BCUT2D eigenvalue weighted by Gasteiger charge is 2.29. The smallest absolute Gasteiger partial charge is 0.227 e. The van der Waals surface area contributed by atoms with Crippen LogP contribution in [-0.2, 0) is 9.53 Å². The lowest BCUT2D eigenvalue weighted by atomic mass is 9.90. The van der Waals surface area contributed by atoms with Crippen molar-refractivity contribution in [2.75, 3.05) is 32.8 Å². The van der Waals surface area contributed by atoms with Crippen LogP contribution in [0.15, 0.2) is 0 Å². The van der Waals surface area contributed by atoms with Crippen molar-refractivity contribution >= 4 is 5.91 Å². The predicted molar refractivity (Wildman–Crippen MR) is 71.4 cm³/mol. The Bertz CT molecular complexity index is 277. The van der Waals surface area contributed by atoms with E-state index < -0.39 is 0 Å². The van der Waals surface area contributed by atoms with Gasteiger partial charge in [-0.3, -0.25) is 4.79 Å². The molecule has 1 N–H and O–H groups in total. The fraction of sp³-hybridized carbons (Fsp3) is 0.929. The number of likely N-dealkylation sites (N-methyl/N-ethyl adjacent to an activating group) is 1. The van der Waals surface area contributed by atoms with Gasteiger partial charge in [-0.05, 0) is 38.6 Å². The summed E-state index contributed by atoms with van der Waals surface area (Å²) in [4.78, 5) is 14.5. The van der Waals surface area contributed by atoms with Crippen molar-refractivity contribution in [3.05, 3.63) is 0 Å². The van der Waals surface area contributed by atoms with Crippen molar-refractivity contribution in [1.29, 1.82) is 0 Å². The second-order valence-corrected chi connectivity index (χ2v) is 5.71. The standard InChI is InChI=1S/C14H26N2O2/c1-3-16(10-13-5-4-6-18-13)14(17)12-7-11(2)8-15-9-12/h11-13,15H,3-10H2,1-2H3. The molecule has 3 atom stereocenters. The first-order valence-electron chi connectivity index (χ1n) is 7.31. The van der Waals surface area contributed by atoms with Gasteiger partial charge in [-0.15, -0.1) is 0 Å². The summed E-state index contributed by atoms with van der Waals surface area (Å²) in [6, 6.07) is 0. The molecule has 2 fully saturated rings. The molecule has 2 aliphatic rings. The first-order chi connectivity index (χ1) is 8.70. The summed E-state index contributed by atoms with van der Waals surface area (Å²) in [5, 5.41) is 3.36. The van der Waals surface area contributed by atoms with E-state index in [-0.39, 0.29) is 12.0 Å². The number of hydrogen-bond acceptors (Lipinski definition) is 3. The van der Waals surface area contributed by atoms with Crippen LogP contribution in [0.25, 0.3) is 0 Å². The Hall–Kier alpha value is -0.610. The summed E-state index contributed by atoms with van der Waals surface area (Å²) < 4.78 is 5.63. The van der Waals surface area contributed by atoms with E-state index in [4.69, 9.17) is 4.74 Å². The number of hydrogen-bond donors (Lipinski definition) is 1. The highest BCUT2D eigenvalue weighted by molar-refractivity contribution is 5.79. The van der Waals surface area contributed by atoms with Gasteiger partial charge in [0.1, 0.15) is 0 Å². The van der Waals surface area contributed by atoms with Crippen LogP contribution in [-0.4, -0.2) is 49.7 Å². The van der Waals surface area contributed by atoms with Crippen molar-refractivity contribution < 1.29 is 9.53 Å². The maximum Gasteiger partial charge on any atom is 0.227 e. The van der Waals surface area contributed by atoms with Gasteiger partial charge in [-0.25, -0.2) is 0 Å². The Kier molecular flexibility index (Phi) is 5.01. The molecule has 18 heavy (non-hydrogen) atoms. The third-order valence-corrected chi connectivity index (χ3v) is 4.06. The van der Waals surface area contributed by atoms with Gasteiger partial charge in [-0.1, -0.05) is 6.92 Å². The number of rotatable bonds is 4. The SMILES string of the molecule is CCN(CC1CCCO1)C(=O)C1CNCC(C)C1. The van der Waals surface area contributed by atoms with Gasteiger partial charge < -0.3 is 15.0 Å². The fourth-order valence-corrected chi connectivity index (χ4v) is 3.01. The minimum atomic E-state index is 0.162. The molecule has 0 saturated carbocycles. The van der Waals surface area contributed by atoms with E-state index in [0.29, 0.717) is 11.8 Å². The van der Waals surface area contributed by atoms with Crippen LogP contribution in [0, 0.1) is 11.8 Å². The van der Waals surface area contributed by atoms with Crippen molar-refractivity contribution in [2.24, 2.45) is 11.8 Å². The van der Waals surface area contributed by atoms with E-state index >= 15 is 0 Å². The number of carbonyl (C=O) groups excluding carboxylic acids is 1. The summed E-state index contributed by atoms with van der Waals surface area (Å²) in [6.45, 7) is 8.59. The molecule has 4 heteroatoms. The van der Waals surface area contributed by atoms with Crippen molar-refractivity contribution in [1.82, 2.24) is 10.2 Å². The van der Waals surface area contributed by atoms with Gasteiger partial charge in [-0.2, -0.15) is 0 Å². The number of nitrogens with one attached hydrogen (secondary N) is 1. The summed E-state index contributed by atoms with van der Waals surface area (Å²) in [6.07, 6.45) is 3.53. The number of amides is 1. The Balaban J connectivity index is 1.87. The number of piperidine rings is 1. The fourth-order valence-electron chi connectivity index (χ4n) is 3.01. The molecule has 1 amide bonds. The third kappa shape index (κ3) is 3.45. The molecule has 104 valence electrons. The average Bonchev–Trinajstić information content (AvgIpc) is 2.88. The molecule has 3 unspecified atom stereocenters. The van der Waals surface area contributed by atoms with Gasteiger partial charge in [0.05, 0.1) is 12.0 Å². The van der Waals surface area contributed by atoms with Gasteiger partial charge in [0.15, 0.2) is 0 Å². The van der Waals surface area contributed by atoms with E-state index in [1.165, 1.54) is 0 Å². The van der Waals surface area contributed by atoms with Crippen molar-refractivity contribution in [3.63, 3.8) is 0 Å². The van der Waals surface area contributed by atoms with E-state index in [0.717, 1.165) is 52.0 Å². The van der Waals surface area contributed by atoms with Crippen LogP contribution >= 0.6 is 0 Å². The molecule has 2 saturated heterocycles. The number of nitrogens with zero attached hydrogens (tertiary/aromatic N) is 1. The third-order valence-electron chi connectivity index (χ3n) is 4.06. The second-order valence-electron chi connectivity index (χ2n) is 5.71. The molecule has 0 aliphatic carbocycles. The maximum atomic E-state index is 12.5. The van der Waals surface area contributed by atoms with Gasteiger partial charge in [0.25, 0.3) is 0 Å². The molecule has 2 aliphatic heterocycles. The summed E-state index contributed by atoms with van der Waals surface area (Å²) >= 11 is 0. The van der Waals surface area contributed by atoms with E-state index in [1.807, 2.05) is 4.90 Å². The topological polar surface area (TPSA) is 41.6 Å². The molecule has 4 nitrogen and oxygen atoms in total. The Morgan fingerprint density at radius 3 is 2.89 bits per heavy atom. The van der Waals surface area contributed by atoms with E-state index in [1.54, 1.807) is 0 Å². The molecule has 2 rings (SSSR count). The minimum absolute atomic E-state index is 0.162. The molecule has 0 aromatic heterocycles. The molecule has 0 bridgehead atoms. The van der Waals surface area contributed by atoms with E-state index in [2.05, 4.69) is 19.2 Å². The van der Waals surface area contributed by atoms with Crippen LogP contribution in [0.1, 0.15) is 33.1 Å². The van der Waals surface area contributed by atoms with Gasteiger partial charge in [0, 0.05) is 26.2 Å². The summed E-state index contributed by atoms with van der Waals surface area (Å²) in [5.74, 6) is 1.08. The van der Waals surface area contributed by atoms with Crippen LogP contribution in [0.5, 0.6) is 0 Å². The van der Waals surface area contributed by atoms with Crippen LogP contribution in [0.4, 0.5) is 0 Å². The predicted octanol–water partition coefficient (Wildman–Crippen LogP) is 1.26. The highest BCUT2D eigenvalue weighted by Crippen LogP contribution is 2.20. The first kappa shape index (κ1) is 13.8. The average molecular weight is 254 g/mol. The molecule has 2 heterocycles. The lowest BCUT2D eigenvalue weighted by Crippen LogP contribution is -2.47. The molecule has 0 aromatic rings. The quantitative estimate of drug-likeness (QED) is 0.821. The molecule has 0 radical (unpaired) electrons. The number of ether oxygens (including phenoxy) is 1. The van der Waals surface area contributed by atoms with Crippen molar-refractivity contribution in [3.8, 4) is 0 Å². The van der Waals surface area contributed by atoms with Gasteiger partial charge >= 0.3 is 0 Å². The van der Waals surface area contributed by atoms with Crippen molar-refractivity contribution in [2.45, 2.75) is 39.2 Å². The summed E-state index contributed by atoms with van der Waals surface area (Å²) in [7, 11) is 0. The van der Waals surface area contributed by atoms with Gasteiger partial charge in [0.2, 0.25) is 5.91 Å². The zero-order valence-electron chi connectivity index (χ0n) is 11.7. The molecule has 0 spiro atoms. The zero-order chi connectivity index (χ0) is 13.0.